The molecule has 0 bridgehead atoms. The predicted molar refractivity (Wildman–Crippen MR) is 100 cm³/mol. The zero-order valence-corrected chi connectivity index (χ0v) is 15.0. The number of ether oxygens (including phenoxy) is 1. The molecule has 0 aromatic heterocycles. The molecule has 1 N–H and O–H groups in total. The number of carbonyl (C=O) groups excluding carboxylic acids is 2. The fraction of sp³-hybridized carbons (Fsp3) is 0.333. The van der Waals surface area contributed by atoms with Gasteiger partial charge in [-0.15, -0.1) is 0 Å². The van der Waals surface area contributed by atoms with Crippen LogP contribution >= 0.6 is 0 Å². The molecule has 2 aromatic rings. The van der Waals surface area contributed by atoms with Crippen LogP contribution in [0.4, 0.5) is 0 Å². The fourth-order valence-corrected chi connectivity index (χ4v) is 3.09. The van der Waals surface area contributed by atoms with E-state index in [0.717, 1.165) is 23.5 Å². The first-order valence-electron chi connectivity index (χ1n) is 8.95. The van der Waals surface area contributed by atoms with Crippen LogP contribution in [0.5, 0.6) is 11.5 Å². The van der Waals surface area contributed by atoms with Crippen LogP contribution in [0, 0.1) is 5.92 Å². The van der Waals surface area contributed by atoms with Gasteiger partial charge in [-0.1, -0.05) is 30.3 Å². The van der Waals surface area contributed by atoms with Gasteiger partial charge in [0.05, 0.1) is 5.92 Å². The van der Waals surface area contributed by atoms with Gasteiger partial charge in [0, 0.05) is 26.6 Å². The Labute approximate surface area is 154 Å². The highest BCUT2D eigenvalue weighted by molar-refractivity contribution is 5.83. The van der Waals surface area contributed by atoms with Crippen molar-refractivity contribution < 1.29 is 14.3 Å². The van der Waals surface area contributed by atoms with Crippen molar-refractivity contribution in [2.24, 2.45) is 5.92 Å². The van der Waals surface area contributed by atoms with Gasteiger partial charge in [0.25, 0.3) is 0 Å². The topological polar surface area (TPSA) is 58.6 Å². The number of piperidine rings is 1. The summed E-state index contributed by atoms with van der Waals surface area (Å²) in [5, 5.41) is 2.99. The molecule has 0 saturated carbocycles. The van der Waals surface area contributed by atoms with E-state index < -0.39 is 0 Å². The van der Waals surface area contributed by atoms with E-state index in [4.69, 9.17) is 4.74 Å². The van der Waals surface area contributed by atoms with Gasteiger partial charge in [-0.2, -0.15) is 0 Å². The number of likely N-dealkylation sites (tertiary alicyclic amines) is 1. The SMILES string of the molecule is CN1CC(C(=O)NCCc2cccc(Oc3ccccc3)c2)CCC1=O. The van der Waals surface area contributed by atoms with Gasteiger partial charge in [0.15, 0.2) is 0 Å². The highest BCUT2D eigenvalue weighted by Gasteiger charge is 2.27. The first-order valence-corrected chi connectivity index (χ1v) is 8.95. The number of hydrogen-bond acceptors (Lipinski definition) is 3. The lowest BCUT2D eigenvalue weighted by molar-refractivity contribution is -0.136. The van der Waals surface area contributed by atoms with Crippen LogP contribution in [0.15, 0.2) is 54.6 Å². The number of benzene rings is 2. The highest BCUT2D eigenvalue weighted by atomic mass is 16.5. The van der Waals surface area contributed by atoms with Crippen LogP contribution in [-0.4, -0.2) is 36.9 Å². The molecule has 0 radical (unpaired) electrons. The van der Waals surface area contributed by atoms with Crippen molar-refractivity contribution >= 4 is 11.8 Å². The molecule has 1 unspecified atom stereocenters. The summed E-state index contributed by atoms with van der Waals surface area (Å²) in [6.07, 6.45) is 1.82. The third-order valence-corrected chi connectivity index (χ3v) is 4.59. The van der Waals surface area contributed by atoms with Crippen molar-refractivity contribution in [3.05, 3.63) is 60.2 Å². The molecule has 1 atom stereocenters. The maximum atomic E-state index is 12.3. The largest absolute Gasteiger partial charge is 0.457 e. The Morgan fingerprint density at radius 2 is 1.92 bits per heavy atom. The minimum absolute atomic E-state index is 0.0287. The van der Waals surface area contributed by atoms with Crippen molar-refractivity contribution in [3.8, 4) is 11.5 Å². The maximum Gasteiger partial charge on any atom is 0.224 e. The molecule has 0 aliphatic carbocycles. The molecule has 2 amide bonds. The normalized spacial score (nSPS) is 17.0. The van der Waals surface area contributed by atoms with Crippen molar-refractivity contribution in [1.29, 1.82) is 0 Å². The Morgan fingerprint density at radius 3 is 2.69 bits per heavy atom. The third kappa shape index (κ3) is 4.85. The van der Waals surface area contributed by atoms with Crippen molar-refractivity contribution in [2.45, 2.75) is 19.3 Å². The van der Waals surface area contributed by atoms with E-state index in [2.05, 4.69) is 5.32 Å². The first-order chi connectivity index (χ1) is 12.6. The summed E-state index contributed by atoms with van der Waals surface area (Å²) in [5.74, 6) is 1.62. The van der Waals surface area contributed by atoms with Gasteiger partial charge >= 0.3 is 0 Å². The summed E-state index contributed by atoms with van der Waals surface area (Å²) in [4.78, 5) is 25.4. The first kappa shape index (κ1) is 18.0. The zero-order chi connectivity index (χ0) is 18.4. The second kappa shape index (κ2) is 8.52. The van der Waals surface area contributed by atoms with E-state index in [-0.39, 0.29) is 17.7 Å². The molecule has 1 aliphatic rings. The molecule has 136 valence electrons. The van der Waals surface area contributed by atoms with Crippen LogP contribution in [-0.2, 0) is 16.0 Å². The van der Waals surface area contributed by atoms with Crippen LogP contribution in [0.1, 0.15) is 18.4 Å². The summed E-state index contributed by atoms with van der Waals surface area (Å²) in [5.41, 5.74) is 1.11. The minimum Gasteiger partial charge on any atom is -0.457 e. The number of nitrogens with zero attached hydrogens (tertiary/aromatic N) is 1. The standard InChI is InChI=1S/C21H24N2O3/c1-23-15-17(10-11-20(23)24)21(25)22-13-12-16-6-5-9-19(14-16)26-18-7-3-2-4-8-18/h2-9,14,17H,10-13,15H2,1H3,(H,22,25). The van der Waals surface area contributed by atoms with E-state index in [1.807, 2.05) is 54.6 Å². The molecule has 3 rings (SSSR count). The van der Waals surface area contributed by atoms with Gasteiger partial charge in [-0.05, 0) is 42.7 Å². The Balaban J connectivity index is 1.48. The summed E-state index contributed by atoms with van der Waals surface area (Å²) in [7, 11) is 1.75. The van der Waals surface area contributed by atoms with Crippen molar-refractivity contribution in [3.63, 3.8) is 0 Å². The second-order valence-corrected chi connectivity index (χ2v) is 6.61. The average molecular weight is 352 g/mol. The van der Waals surface area contributed by atoms with E-state index in [9.17, 15) is 9.59 Å². The zero-order valence-electron chi connectivity index (χ0n) is 15.0. The lowest BCUT2D eigenvalue weighted by Crippen LogP contribution is -2.44. The number of hydrogen-bond donors (Lipinski definition) is 1. The van der Waals surface area contributed by atoms with Gasteiger partial charge in [0.1, 0.15) is 11.5 Å². The molecule has 0 spiro atoms. The number of carbonyl (C=O) groups is 2. The Bertz CT molecular complexity index is 761. The van der Waals surface area contributed by atoms with Gasteiger partial charge in [-0.3, -0.25) is 9.59 Å². The second-order valence-electron chi connectivity index (χ2n) is 6.61. The summed E-state index contributed by atoms with van der Waals surface area (Å²) >= 11 is 0. The molecule has 1 fully saturated rings. The summed E-state index contributed by atoms with van der Waals surface area (Å²) in [6.45, 7) is 1.08. The van der Waals surface area contributed by atoms with E-state index in [0.29, 0.717) is 25.9 Å². The van der Waals surface area contributed by atoms with Crippen LogP contribution < -0.4 is 10.1 Å². The molecule has 5 nitrogen and oxygen atoms in total. The minimum atomic E-state index is -0.106. The maximum absolute atomic E-state index is 12.3. The van der Waals surface area contributed by atoms with Crippen LogP contribution in [0.3, 0.4) is 0 Å². The summed E-state index contributed by atoms with van der Waals surface area (Å²) < 4.78 is 5.84. The molecule has 1 aliphatic heterocycles. The highest BCUT2D eigenvalue weighted by Crippen LogP contribution is 2.22. The predicted octanol–water partition coefficient (Wildman–Crippen LogP) is 3.01. The van der Waals surface area contributed by atoms with Crippen molar-refractivity contribution in [2.75, 3.05) is 20.1 Å². The number of rotatable bonds is 6. The lowest BCUT2D eigenvalue weighted by atomic mass is 9.97. The summed E-state index contributed by atoms with van der Waals surface area (Å²) in [6, 6.07) is 17.5. The Hall–Kier alpha value is -2.82. The fourth-order valence-electron chi connectivity index (χ4n) is 3.09. The van der Waals surface area contributed by atoms with E-state index in [1.54, 1.807) is 11.9 Å². The molecule has 1 saturated heterocycles. The molecular weight excluding hydrogens is 328 g/mol. The third-order valence-electron chi connectivity index (χ3n) is 4.59. The Morgan fingerprint density at radius 1 is 1.15 bits per heavy atom. The van der Waals surface area contributed by atoms with E-state index >= 15 is 0 Å². The monoisotopic (exact) mass is 352 g/mol. The molecular formula is C21H24N2O3. The van der Waals surface area contributed by atoms with Gasteiger partial charge in [-0.25, -0.2) is 0 Å². The molecule has 5 heteroatoms. The lowest BCUT2D eigenvalue weighted by Gasteiger charge is -2.28. The van der Waals surface area contributed by atoms with E-state index in [1.165, 1.54) is 0 Å². The smallest absolute Gasteiger partial charge is 0.224 e. The quantitative estimate of drug-likeness (QED) is 0.869. The van der Waals surface area contributed by atoms with Gasteiger partial charge in [0.2, 0.25) is 11.8 Å². The van der Waals surface area contributed by atoms with Gasteiger partial charge < -0.3 is 15.0 Å². The van der Waals surface area contributed by atoms with Crippen LogP contribution in [0.2, 0.25) is 0 Å². The number of para-hydroxylation sites is 1. The molecule has 26 heavy (non-hydrogen) atoms. The number of amides is 2. The van der Waals surface area contributed by atoms with Crippen molar-refractivity contribution in [1.82, 2.24) is 10.2 Å². The average Bonchev–Trinajstić information content (AvgIpc) is 2.65. The Kier molecular flexibility index (Phi) is 5.89. The number of nitrogens with one attached hydrogen (secondary N) is 1. The molecule has 1 heterocycles. The molecule has 2 aromatic carbocycles. The van der Waals surface area contributed by atoms with Crippen LogP contribution in [0.25, 0.3) is 0 Å².